The summed E-state index contributed by atoms with van der Waals surface area (Å²) >= 11 is 33.0. The zero-order valence-corrected chi connectivity index (χ0v) is 60.6. The second-order valence-corrected chi connectivity index (χ2v) is 34.4. The number of nitriles is 2. The number of carbonyl (C=O) groups excluding carboxylic acids is 2. The molecule has 0 saturated heterocycles. The number of carbonyl (C=O) groups is 2. The van der Waals surface area contributed by atoms with Crippen LogP contribution in [0.4, 0.5) is 0 Å². The minimum absolute atomic E-state index is 0.197. The van der Waals surface area contributed by atoms with Gasteiger partial charge in [0.2, 0.25) is 0 Å². The Morgan fingerprint density at radius 3 is 1.16 bits per heavy atom. The molecule has 1 aliphatic heterocycles. The molecular weight excluding hydrogens is 1310 g/mol. The lowest BCUT2D eigenvalue weighted by atomic mass is 10.0. The average Bonchev–Trinajstić information content (AvgIpc) is 1.54. The topological polar surface area (TPSA) is 109 Å². The number of allylic oxidation sites excluding steroid dienone is 6. The van der Waals surface area contributed by atoms with Gasteiger partial charge < -0.3 is 9.47 Å². The molecule has 4 atom stereocenters. The van der Waals surface area contributed by atoms with Gasteiger partial charge >= 0.3 is 0 Å². The maximum absolute atomic E-state index is 14.5. The molecule has 474 valence electrons. The first-order valence-electron chi connectivity index (χ1n) is 32.4. The molecule has 0 radical (unpaired) electrons. The quantitative estimate of drug-likeness (QED) is 0.0192. The predicted molar refractivity (Wildman–Crippen MR) is 389 cm³/mol. The Morgan fingerprint density at radius 1 is 0.505 bits per heavy atom. The SMILES string of the molecule is [C-]#[N+]/C(C#N)=C1\C(=C\c2cc(OCC(CC)CCCC)c(-c3cc4c(s3)-c3sc(-c5sc(/C=C6\C(=O)c7cc(Cl)c(Cl)cc7\C6=C(\C#N)[N+]#[C-])cc5OCC(CC)CCCC)cc3[Si]4(CC(CC)CCCC)CC(CC)CCCC)s2)C(=O)c2cc(Cl)c(Cl)cc21. The van der Waals surface area contributed by atoms with Crippen LogP contribution in [0.25, 0.3) is 62.3 Å². The van der Waals surface area contributed by atoms with Gasteiger partial charge in [-0.1, -0.05) is 192 Å². The Balaban J connectivity index is 1.27. The third-order valence-electron chi connectivity index (χ3n) is 18.6. The molecular formula is C74H78Cl4N4O4S4Si. The van der Waals surface area contributed by atoms with E-state index in [0.717, 1.165) is 143 Å². The van der Waals surface area contributed by atoms with E-state index in [0.29, 0.717) is 59.1 Å². The van der Waals surface area contributed by atoms with Crippen molar-refractivity contribution in [3.8, 4) is 52.9 Å². The van der Waals surface area contributed by atoms with Gasteiger partial charge in [0.25, 0.3) is 11.4 Å². The summed E-state index contributed by atoms with van der Waals surface area (Å²) in [4.78, 5) is 44.6. The van der Waals surface area contributed by atoms with Gasteiger partial charge in [-0.15, -0.1) is 45.3 Å². The van der Waals surface area contributed by atoms with Gasteiger partial charge in [0.1, 0.15) is 19.6 Å². The van der Waals surface area contributed by atoms with Gasteiger partial charge in [0, 0.05) is 62.7 Å². The van der Waals surface area contributed by atoms with Crippen LogP contribution in [-0.4, -0.2) is 32.9 Å². The Bertz CT molecular complexity index is 3770. The molecule has 2 aromatic carbocycles. The van der Waals surface area contributed by atoms with Crippen LogP contribution < -0.4 is 19.8 Å². The molecule has 3 aliphatic rings. The molecule has 5 heterocycles. The van der Waals surface area contributed by atoms with Crippen molar-refractivity contribution >= 4 is 145 Å². The predicted octanol–water partition coefficient (Wildman–Crippen LogP) is 23.9. The Morgan fingerprint density at radius 2 is 0.846 bits per heavy atom. The first-order chi connectivity index (χ1) is 44.0. The highest BCUT2D eigenvalue weighted by Crippen LogP contribution is 2.55. The molecule has 0 N–H and O–H groups in total. The van der Waals surface area contributed by atoms with Crippen molar-refractivity contribution in [2.45, 2.75) is 170 Å². The number of thiophene rings is 4. The number of ether oxygens (including phenoxy) is 2. The van der Waals surface area contributed by atoms with Crippen LogP contribution in [0.3, 0.4) is 0 Å². The first-order valence-corrected chi connectivity index (χ1v) is 39.6. The summed E-state index contributed by atoms with van der Waals surface area (Å²) in [6.45, 7) is 35.4. The van der Waals surface area contributed by atoms with Gasteiger partial charge in [0.05, 0.1) is 68.3 Å². The van der Waals surface area contributed by atoms with Crippen LogP contribution >= 0.6 is 91.8 Å². The summed E-state index contributed by atoms with van der Waals surface area (Å²) in [5.74, 6) is 2.56. The van der Waals surface area contributed by atoms with Gasteiger partial charge in [-0.25, -0.2) is 20.2 Å². The fraction of sp³-hybridized carbons (Fsp3) is 0.432. The number of fused-ring (bicyclic) bond motifs is 5. The van der Waals surface area contributed by atoms with Crippen LogP contribution in [0, 0.1) is 59.5 Å². The lowest BCUT2D eigenvalue weighted by Gasteiger charge is -2.35. The molecule has 9 rings (SSSR count). The van der Waals surface area contributed by atoms with E-state index in [-0.39, 0.29) is 65.3 Å². The largest absolute Gasteiger partial charge is 0.492 e. The molecule has 8 nitrogen and oxygen atoms in total. The smallest absolute Gasteiger partial charge is 0.270 e. The fourth-order valence-corrected chi connectivity index (χ4v) is 26.7. The number of Topliss-reactive ketones (excluding diaryl/α,β-unsaturated/α-hetero) is 2. The molecule has 0 saturated carbocycles. The van der Waals surface area contributed by atoms with E-state index < -0.39 is 8.07 Å². The molecule has 0 spiro atoms. The molecule has 17 heteroatoms. The Labute approximate surface area is 575 Å². The molecule has 4 unspecified atom stereocenters. The van der Waals surface area contributed by atoms with E-state index in [4.69, 9.17) is 69.0 Å². The maximum Gasteiger partial charge on any atom is 0.270 e. The summed E-state index contributed by atoms with van der Waals surface area (Å²) in [5.41, 5.74) is 2.02. The van der Waals surface area contributed by atoms with Crippen molar-refractivity contribution in [3.05, 3.63) is 146 Å². The van der Waals surface area contributed by atoms with E-state index >= 15 is 0 Å². The normalized spacial score (nSPS) is 18.1. The standard InChI is InChI=1S/C74H78Cl4N4O4S4Si/c1-11-19-23-43(15-5)39-85-61-29-47(27-53-67(59(37-79)81-9)49-31-55(75)57(77)33-51(49)69(53)83)87-71(61)63-35-65-73(89-63)74-66(91(65,41-45(17-7)25-21-13-3)42-46(18-8)26-22-14-4)36-64(90-74)72-62(86-40-44(16-6)24-20-12-2)30-48(88-72)28-54-68(60(38-80)82-10)50-32-56(76)58(78)34-52(50)70(54)84/h27-36,43-46H,11-26,39-42H2,1-8H3/b53-27-,54-28-,67-59-,68-60+. The van der Waals surface area contributed by atoms with Crippen molar-refractivity contribution in [3.63, 3.8) is 0 Å². The van der Waals surface area contributed by atoms with E-state index in [2.05, 4.69) is 89.4 Å². The number of unbranched alkanes of at least 4 members (excludes halogenated alkanes) is 4. The van der Waals surface area contributed by atoms with Gasteiger partial charge in [0.15, 0.2) is 11.6 Å². The van der Waals surface area contributed by atoms with Gasteiger partial charge in [-0.05, 0) is 131 Å². The Hall–Kier alpha value is -5.52. The summed E-state index contributed by atoms with van der Waals surface area (Å²) in [6.07, 6.45) is 21.2. The monoisotopic (exact) mass is 1380 g/mol. The molecule has 6 aromatic rings. The zero-order chi connectivity index (χ0) is 65.3. The Kier molecular flexibility index (Phi) is 24.2. The zero-order valence-electron chi connectivity index (χ0n) is 53.3. The molecule has 4 aromatic heterocycles. The van der Waals surface area contributed by atoms with E-state index in [1.165, 1.54) is 45.1 Å². The van der Waals surface area contributed by atoms with Crippen LogP contribution in [0.1, 0.15) is 200 Å². The molecule has 0 bridgehead atoms. The van der Waals surface area contributed by atoms with Crippen molar-refractivity contribution < 1.29 is 19.1 Å². The highest BCUT2D eigenvalue weighted by Gasteiger charge is 2.50. The highest BCUT2D eigenvalue weighted by atomic mass is 35.5. The van der Waals surface area contributed by atoms with Crippen molar-refractivity contribution in [2.24, 2.45) is 23.7 Å². The second-order valence-electron chi connectivity index (χ2n) is 24.5. The molecule has 2 aliphatic carbocycles. The fourth-order valence-electron chi connectivity index (χ4n) is 13.3. The summed E-state index contributed by atoms with van der Waals surface area (Å²) in [5, 5.41) is 24.5. The van der Waals surface area contributed by atoms with Gasteiger partial charge in [-0.2, -0.15) is 0 Å². The third-order valence-corrected chi connectivity index (χ3v) is 30.8. The van der Waals surface area contributed by atoms with Crippen LogP contribution in [-0.2, 0) is 0 Å². The van der Waals surface area contributed by atoms with Crippen LogP contribution in [0.2, 0.25) is 32.2 Å². The van der Waals surface area contributed by atoms with Crippen molar-refractivity contribution in [1.29, 1.82) is 10.5 Å². The van der Waals surface area contributed by atoms with Gasteiger partial charge in [-0.3, -0.25) is 9.59 Å². The van der Waals surface area contributed by atoms with Crippen LogP contribution in [0.5, 0.6) is 11.5 Å². The number of ketones is 2. The maximum atomic E-state index is 14.5. The number of rotatable bonds is 30. The van der Waals surface area contributed by atoms with Crippen molar-refractivity contribution in [1.82, 2.24) is 0 Å². The summed E-state index contributed by atoms with van der Waals surface area (Å²) in [6, 6.07) is 21.7. The van der Waals surface area contributed by atoms with E-state index in [1.54, 1.807) is 34.8 Å². The highest BCUT2D eigenvalue weighted by molar-refractivity contribution is 7.34. The minimum atomic E-state index is -2.67. The number of hydrogen-bond acceptors (Lipinski definition) is 10. The third kappa shape index (κ3) is 14.6. The molecule has 91 heavy (non-hydrogen) atoms. The van der Waals surface area contributed by atoms with E-state index in [9.17, 15) is 20.1 Å². The molecule has 0 amide bonds. The second kappa shape index (κ2) is 31.6. The number of halogens is 4. The minimum Gasteiger partial charge on any atom is -0.492 e. The average molecular weight is 1390 g/mol. The van der Waals surface area contributed by atoms with Crippen molar-refractivity contribution in [2.75, 3.05) is 13.2 Å². The lowest BCUT2D eigenvalue weighted by Crippen LogP contribution is -2.56. The number of benzene rings is 2. The number of hydrogen-bond donors (Lipinski definition) is 0. The van der Waals surface area contributed by atoms with Crippen LogP contribution in [0.15, 0.2) is 71.1 Å². The molecule has 0 fully saturated rings. The van der Waals surface area contributed by atoms with E-state index in [1.807, 2.05) is 47.0 Å². The first kappa shape index (κ1) is 69.8. The lowest BCUT2D eigenvalue weighted by molar-refractivity contribution is 0.103. The number of nitrogens with zero attached hydrogens (tertiary/aromatic N) is 4. The summed E-state index contributed by atoms with van der Waals surface area (Å²) in [7, 11) is -2.67. The summed E-state index contributed by atoms with van der Waals surface area (Å²) < 4.78 is 14.1.